The van der Waals surface area contributed by atoms with E-state index >= 15 is 0 Å². The molecule has 0 spiro atoms. The van der Waals surface area contributed by atoms with Gasteiger partial charge in [-0.1, -0.05) is 6.07 Å². The van der Waals surface area contributed by atoms with Crippen LogP contribution >= 0.6 is 0 Å². The highest BCUT2D eigenvalue weighted by molar-refractivity contribution is 5.61. The number of fused-ring (bicyclic) bond motifs is 1. The first-order valence-electron chi connectivity index (χ1n) is 7.26. The summed E-state index contributed by atoms with van der Waals surface area (Å²) in [7, 11) is 0. The Morgan fingerprint density at radius 3 is 3.00 bits per heavy atom. The molecule has 4 rings (SSSR count). The summed E-state index contributed by atoms with van der Waals surface area (Å²) >= 11 is 0. The molecule has 0 bridgehead atoms. The van der Waals surface area contributed by atoms with Crippen molar-refractivity contribution in [3.8, 4) is 22.8 Å². The Bertz CT molecular complexity index is 846. The Morgan fingerprint density at radius 1 is 1.22 bits per heavy atom. The highest BCUT2D eigenvalue weighted by atomic mass is 16.7. The Hall–Kier alpha value is -3.09. The zero-order chi connectivity index (χ0) is 15.6. The molecule has 116 valence electrons. The maximum atomic E-state index is 5.38. The first-order valence-corrected chi connectivity index (χ1v) is 7.26. The van der Waals surface area contributed by atoms with E-state index in [1.54, 1.807) is 6.20 Å². The fourth-order valence-electron chi connectivity index (χ4n) is 2.44. The van der Waals surface area contributed by atoms with E-state index in [-0.39, 0.29) is 6.79 Å². The third-order valence-corrected chi connectivity index (χ3v) is 3.65. The van der Waals surface area contributed by atoms with E-state index in [1.165, 1.54) is 0 Å². The van der Waals surface area contributed by atoms with E-state index in [1.807, 2.05) is 37.4 Å². The number of H-pyrrole nitrogens is 1. The monoisotopic (exact) mass is 309 g/mol. The minimum absolute atomic E-state index is 0.279. The summed E-state index contributed by atoms with van der Waals surface area (Å²) in [5, 5.41) is 10.2. The maximum Gasteiger partial charge on any atom is 0.231 e. The van der Waals surface area contributed by atoms with Gasteiger partial charge in [0.2, 0.25) is 12.7 Å². The fraction of sp³-hybridized carbons (Fsp3) is 0.188. The summed E-state index contributed by atoms with van der Waals surface area (Å²) in [5.74, 6) is 2.12. The van der Waals surface area contributed by atoms with Crippen molar-refractivity contribution in [3.05, 3.63) is 47.9 Å². The molecular formula is C16H15N5O2. The molecular weight excluding hydrogens is 294 g/mol. The smallest absolute Gasteiger partial charge is 0.231 e. The Morgan fingerprint density at radius 2 is 2.13 bits per heavy atom. The second kappa shape index (κ2) is 5.60. The van der Waals surface area contributed by atoms with Gasteiger partial charge in [0.15, 0.2) is 11.5 Å². The number of ether oxygens (including phenoxy) is 2. The molecule has 2 aromatic heterocycles. The average molecular weight is 309 g/mol. The van der Waals surface area contributed by atoms with Crippen molar-refractivity contribution < 1.29 is 9.47 Å². The Balaban J connectivity index is 1.50. The molecule has 1 aliphatic heterocycles. The Labute approximate surface area is 132 Å². The summed E-state index contributed by atoms with van der Waals surface area (Å²) in [4.78, 5) is 8.78. The van der Waals surface area contributed by atoms with Gasteiger partial charge in [-0.3, -0.25) is 5.10 Å². The predicted octanol–water partition coefficient (Wildman–Crippen LogP) is 2.52. The normalized spacial score (nSPS) is 12.4. The van der Waals surface area contributed by atoms with Crippen molar-refractivity contribution in [1.29, 1.82) is 0 Å². The number of aromatic nitrogens is 4. The van der Waals surface area contributed by atoms with Crippen LogP contribution in [0.1, 0.15) is 11.3 Å². The maximum absolute atomic E-state index is 5.38. The third kappa shape index (κ3) is 2.68. The highest BCUT2D eigenvalue weighted by Gasteiger charge is 2.13. The number of benzene rings is 1. The molecule has 0 atom stereocenters. The molecule has 23 heavy (non-hydrogen) atoms. The molecule has 0 unspecified atom stereocenters. The number of hydrogen-bond donors (Lipinski definition) is 2. The van der Waals surface area contributed by atoms with Crippen molar-refractivity contribution in [2.75, 3.05) is 12.1 Å². The van der Waals surface area contributed by atoms with Crippen molar-refractivity contribution in [2.24, 2.45) is 0 Å². The molecule has 0 saturated carbocycles. The van der Waals surface area contributed by atoms with Gasteiger partial charge in [0.25, 0.3) is 0 Å². The average Bonchev–Trinajstić information content (AvgIpc) is 3.21. The molecule has 3 heterocycles. The summed E-state index contributed by atoms with van der Waals surface area (Å²) in [5.41, 5.74) is 3.78. The van der Waals surface area contributed by atoms with Crippen molar-refractivity contribution in [3.63, 3.8) is 0 Å². The second-order valence-corrected chi connectivity index (χ2v) is 5.19. The van der Waals surface area contributed by atoms with E-state index < -0.39 is 0 Å². The lowest BCUT2D eigenvalue weighted by atomic mass is 10.2. The van der Waals surface area contributed by atoms with Crippen molar-refractivity contribution in [2.45, 2.75) is 13.5 Å². The Kier molecular flexibility index (Phi) is 3.30. The van der Waals surface area contributed by atoms with Crippen LogP contribution in [0.25, 0.3) is 11.3 Å². The minimum atomic E-state index is 0.279. The molecule has 1 aliphatic rings. The van der Waals surface area contributed by atoms with Gasteiger partial charge in [0, 0.05) is 24.5 Å². The van der Waals surface area contributed by atoms with Crippen LogP contribution < -0.4 is 14.8 Å². The minimum Gasteiger partial charge on any atom is -0.454 e. The van der Waals surface area contributed by atoms with Crippen LogP contribution in [0.15, 0.2) is 36.7 Å². The van der Waals surface area contributed by atoms with E-state index in [0.29, 0.717) is 12.5 Å². The van der Waals surface area contributed by atoms with Gasteiger partial charge in [-0.25, -0.2) is 9.97 Å². The van der Waals surface area contributed by atoms with Crippen LogP contribution in [0.5, 0.6) is 11.5 Å². The molecule has 0 radical (unpaired) electrons. The SMILES string of the molecule is Cc1n[nH]cc1-c1ccnc(NCc2ccc3c(c2)OCO3)n1. The third-order valence-electron chi connectivity index (χ3n) is 3.65. The van der Waals surface area contributed by atoms with Gasteiger partial charge in [0.05, 0.1) is 11.4 Å². The van der Waals surface area contributed by atoms with Crippen LogP contribution in [0.4, 0.5) is 5.95 Å². The number of nitrogens with one attached hydrogen (secondary N) is 2. The van der Waals surface area contributed by atoms with Crippen LogP contribution in [0.2, 0.25) is 0 Å². The summed E-state index contributed by atoms with van der Waals surface area (Å²) in [6.45, 7) is 2.82. The molecule has 7 nitrogen and oxygen atoms in total. The van der Waals surface area contributed by atoms with Gasteiger partial charge in [-0.2, -0.15) is 5.10 Å². The van der Waals surface area contributed by atoms with Gasteiger partial charge in [0.1, 0.15) is 0 Å². The predicted molar refractivity (Wildman–Crippen MR) is 84.2 cm³/mol. The zero-order valence-electron chi connectivity index (χ0n) is 12.5. The lowest BCUT2D eigenvalue weighted by Gasteiger charge is -2.07. The number of nitrogens with zero attached hydrogens (tertiary/aromatic N) is 3. The van der Waals surface area contributed by atoms with Crippen LogP contribution in [0.3, 0.4) is 0 Å². The van der Waals surface area contributed by atoms with Gasteiger partial charge >= 0.3 is 0 Å². The molecule has 2 N–H and O–H groups in total. The molecule has 7 heteroatoms. The number of rotatable bonds is 4. The molecule has 0 fully saturated rings. The zero-order valence-corrected chi connectivity index (χ0v) is 12.5. The van der Waals surface area contributed by atoms with E-state index in [0.717, 1.165) is 34.0 Å². The first kappa shape index (κ1) is 13.6. The van der Waals surface area contributed by atoms with Crippen LogP contribution in [-0.4, -0.2) is 27.0 Å². The van der Waals surface area contributed by atoms with Crippen molar-refractivity contribution >= 4 is 5.95 Å². The summed E-state index contributed by atoms with van der Waals surface area (Å²) < 4.78 is 10.7. The summed E-state index contributed by atoms with van der Waals surface area (Å²) in [6.07, 6.45) is 3.57. The lowest BCUT2D eigenvalue weighted by Crippen LogP contribution is -2.04. The first-order chi connectivity index (χ1) is 11.3. The molecule has 0 amide bonds. The summed E-state index contributed by atoms with van der Waals surface area (Å²) in [6, 6.07) is 7.72. The molecule has 0 aliphatic carbocycles. The number of aryl methyl sites for hydroxylation is 1. The van der Waals surface area contributed by atoms with Crippen LogP contribution in [0, 0.1) is 6.92 Å². The van der Waals surface area contributed by atoms with Gasteiger partial charge in [-0.05, 0) is 30.7 Å². The fourth-order valence-corrected chi connectivity index (χ4v) is 2.44. The van der Waals surface area contributed by atoms with E-state index in [4.69, 9.17) is 9.47 Å². The van der Waals surface area contributed by atoms with E-state index in [9.17, 15) is 0 Å². The number of aromatic amines is 1. The van der Waals surface area contributed by atoms with Crippen LogP contribution in [-0.2, 0) is 6.54 Å². The van der Waals surface area contributed by atoms with Crippen molar-refractivity contribution in [1.82, 2.24) is 20.2 Å². The number of anilines is 1. The standard InChI is InChI=1S/C16H15N5O2/c1-10-12(8-19-21-10)13-4-5-17-16(20-13)18-7-11-2-3-14-15(6-11)23-9-22-14/h2-6,8H,7,9H2,1H3,(H,19,21)(H,17,18,20). The quantitative estimate of drug-likeness (QED) is 0.770. The molecule has 1 aromatic carbocycles. The molecule has 3 aromatic rings. The van der Waals surface area contributed by atoms with Gasteiger partial charge < -0.3 is 14.8 Å². The largest absolute Gasteiger partial charge is 0.454 e. The highest BCUT2D eigenvalue weighted by Crippen LogP contribution is 2.32. The number of hydrogen-bond acceptors (Lipinski definition) is 6. The lowest BCUT2D eigenvalue weighted by molar-refractivity contribution is 0.174. The molecule has 0 saturated heterocycles. The van der Waals surface area contributed by atoms with Gasteiger partial charge in [-0.15, -0.1) is 0 Å². The van der Waals surface area contributed by atoms with E-state index in [2.05, 4.69) is 25.5 Å². The second-order valence-electron chi connectivity index (χ2n) is 5.19. The topological polar surface area (TPSA) is 85.0 Å².